The van der Waals surface area contributed by atoms with Crippen LogP contribution >= 0.6 is 0 Å². The molecule has 0 saturated carbocycles. The van der Waals surface area contributed by atoms with E-state index < -0.39 is 30.3 Å². The molecule has 0 fully saturated rings. The van der Waals surface area contributed by atoms with Gasteiger partial charge in [0.25, 0.3) is 11.8 Å². The Labute approximate surface area is 174 Å². The van der Waals surface area contributed by atoms with E-state index in [9.17, 15) is 14.4 Å². The summed E-state index contributed by atoms with van der Waals surface area (Å²) in [6.45, 7) is 1.21. The molecule has 0 radical (unpaired) electrons. The Bertz CT molecular complexity index is 1070. The van der Waals surface area contributed by atoms with Gasteiger partial charge in [0.1, 0.15) is 5.75 Å². The maximum atomic E-state index is 12.3. The van der Waals surface area contributed by atoms with E-state index in [1.165, 1.54) is 0 Å². The molecule has 0 bridgehead atoms. The maximum Gasteiger partial charge on any atom is 0.313 e. The third-order valence-corrected chi connectivity index (χ3v) is 4.62. The van der Waals surface area contributed by atoms with Gasteiger partial charge in [0.15, 0.2) is 6.61 Å². The van der Waals surface area contributed by atoms with E-state index in [-0.39, 0.29) is 0 Å². The normalized spacial score (nSPS) is 11.4. The fraction of sp³-hybridized carbons (Fsp3) is 0.174. The van der Waals surface area contributed by atoms with Gasteiger partial charge in [-0.2, -0.15) is 0 Å². The van der Waals surface area contributed by atoms with Gasteiger partial charge in [0.2, 0.25) is 0 Å². The summed E-state index contributed by atoms with van der Waals surface area (Å²) in [6.07, 6.45) is 0. The average Bonchev–Trinajstić information content (AvgIpc) is 2.80. The number of hydrazine groups is 1. The molecule has 7 heteroatoms. The summed E-state index contributed by atoms with van der Waals surface area (Å²) in [5, 5.41) is 1.96. The Morgan fingerprint density at radius 3 is 2.33 bits per heavy atom. The summed E-state index contributed by atoms with van der Waals surface area (Å²) < 4.78 is 10.3. The summed E-state index contributed by atoms with van der Waals surface area (Å²) in [7, 11) is 1.61. The Morgan fingerprint density at radius 1 is 0.900 bits per heavy atom. The van der Waals surface area contributed by atoms with E-state index >= 15 is 0 Å². The third kappa shape index (κ3) is 5.14. The monoisotopic (exact) mass is 406 g/mol. The number of hydrogen-bond acceptors (Lipinski definition) is 5. The van der Waals surface area contributed by atoms with Crippen molar-refractivity contribution >= 4 is 28.6 Å². The molecule has 0 spiro atoms. The maximum absolute atomic E-state index is 12.3. The highest BCUT2D eigenvalue weighted by atomic mass is 16.5. The lowest BCUT2D eigenvalue weighted by molar-refractivity contribution is -0.149. The van der Waals surface area contributed by atoms with Crippen molar-refractivity contribution in [1.29, 1.82) is 0 Å². The number of fused-ring (bicyclic) bond motifs is 1. The van der Waals surface area contributed by atoms with Gasteiger partial charge in [-0.1, -0.05) is 42.5 Å². The molecule has 30 heavy (non-hydrogen) atoms. The van der Waals surface area contributed by atoms with Gasteiger partial charge in [-0.05, 0) is 47.5 Å². The zero-order valence-electron chi connectivity index (χ0n) is 16.7. The lowest BCUT2D eigenvalue weighted by Crippen LogP contribution is -2.43. The van der Waals surface area contributed by atoms with Gasteiger partial charge in [-0.25, -0.2) is 0 Å². The second-order valence-electron chi connectivity index (χ2n) is 6.67. The van der Waals surface area contributed by atoms with Crippen molar-refractivity contribution < 1.29 is 23.9 Å². The quantitative estimate of drug-likeness (QED) is 0.485. The van der Waals surface area contributed by atoms with Gasteiger partial charge >= 0.3 is 5.97 Å². The van der Waals surface area contributed by atoms with Crippen molar-refractivity contribution in [2.45, 2.75) is 12.8 Å². The largest absolute Gasteiger partial charge is 0.497 e. The van der Waals surface area contributed by atoms with Crippen LogP contribution in [0.4, 0.5) is 0 Å². The molecule has 3 aromatic carbocycles. The van der Waals surface area contributed by atoms with Crippen molar-refractivity contribution in [1.82, 2.24) is 10.9 Å². The molecular weight excluding hydrogens is 384 g/mol. The van der Waals surface area contributed by atoms with Crippen LogP contribution in [0.25, 0.3) is 10.8 Å². The van der Waals surface area contributed by atoms with Crippen LogP contribution in [0.15, 0.2) is 66.7 Å². The van der Waals surface area contributed by atoms with Gasteiger partial charge in [0.05, 0.1) is 13.0 Å². The SMILES string of the molecule is COc1ccc2cc([C@H](C)C(=O)OCC(=O)NNC(=O)c3ccccc3)ccc2c1. The smallest absolute Gasteiger partial charge is 0.313 e. The number of ether oxygens (including phenoxy) is 2. The van der Waals surface area contributed by atoms with Gasteiger partial charge < -0.3 is 9.47 Å². The second kappa shape index (κ2) is 9.56. The van der Waals surface area contributed by atoms with Gasteiger partial charge in [-0.15, -0.1) is 0 Å². The second-order valence-corrected chi connectivity index (χ2v) is 6.67. The minimum absolute atomic E-state index is 0.400. The van der Waals surface area contributed by atoms with Crippen LogP contribution in [0.2, 0.25) is 0 Å². The van der Waals surface area contributed by atoms with Gasteiger partial charge in [-0.3, -0.25) is 25.2 Å². The minimum Gasteiger partial charge on any atom is -0.497 e. The summed E-state index contributed by atoms with van der Waals surface area (Å²) in [4.78, 5) is 36.1. The van der Waals surface area contributed by atoms with Crippen molar-refractivity contribution in [3.63, 3.8) is 0 Å². The zero-order chi connectivity index (χ0) is 21.5. The van der Waals surface area contributed by atoms with Crippen molar-refractivity contribution in [2.24, 2.45) is 0 Å². The van der Waals surface area contributed by atoms with E-state index in [0.29, 0.717) is 5.56 Å². The molecule has 0 aliphatic heterocycles. The van der Waals surface area contributed by atoms with Crippen LogP contribution < -0.4 is 15.6 Å². The fourth-order valence-corrected chi connectivity index (χ4v) is 2.86. The summed E-state index contributed by atoms with van der Waals surface area (Å²) in [5.74, 6) is -1.43. The zero-order valence-corrected chi connectivity index (χ0v) is 16.7. The number of carbonyl (C=O) groups excluding carboxylic acids is 3. The summed E-state index contributed by atoms with van der Waals surface area (Å²) >= 11 is 0. The van der Waals surface area contributed by atoms with Crippen LogP contribution in [0.5, 0.6) is 5.75 Å². The summed E-state index contributed by atoms with van der Waals surface area (Å²) in [5.41, 5.74) is 5.67. The van der Waals surface area contributed by atoms with Crippen LogP contribution in [0.1, 0.15) is 28.8 Å². The number of hydrogen-bond donors (Lipinski definition) is 2. The van der Waals surface area contributed by atoms with Crippen LogP contribution in [0.3, 0.4) is 0 Å². The molecule has 1 atom stereocenters. The highest BCUT2D eigenvalue weighted by Gasteiger charge is 2.19. The molecule has 0 heterocycles. The molecule has 2 amide bonds. The van der Waals surface area contributed by atoms with E-state index in [1.54, 1.807) is 44.4 Å². The number of nitrogens with one attached hydrogen (secondary N) is 2. The average molecular weight is 406 g/mol. The molecule has 3 rings (SSSR count). The highest BCUT2D eigenvalue weighted by Crippen LogP contribution is 2.25. The lowest BCUT2D eigenvalue weighted by Gasteiger charge is -2.13. The first-order chi connectivity index (χ1) is 14.5. The molecule has 154 valence electrons. The van der Waals surface area contributed by atoms with E-state index in [1.807, 2.05) is 36.4 Å². The number of esters is 1. The van der Waals surface area contributed by atoms with Crippen molar-refractivity contribution in [3.8, 4) is 5.75 Å². The number of rotatable bonds is 6. The molecule has 0 aliphatic rings. The Hall–Kier alpha value is -3.87. The molecular formula is C23H22N2O5. The van der Waals surface area contributed by atoms with E-state index in [4.69, 9.17) is 9.47 Å². The molecule has 0 aromatic heterocycles. The van der Waals surface area contributed by atoms with Gasteiger partial charge in [0, 0.05) is 5.56 Å². The predicted octanol–water partition coefficient (Wildman–Crippen LogP) is 2.96. The first-order valence-corrected chi connectivity index (χ1v) is 9.36. The van der Waals surface area contributed by atoms with Crippen LogP contribution in [-0.2, 0) is 14.3 Å². The van der Waals surface area contributed by atoms with Crippen LogP contribution in [0, 0.1) is 0 Å². The number of benzene rings is 3. The fourth-order valence-electron chi connectivity index (χ4n) is 2.86. The standard InChI is InChI=1S/C23H22N2O5/c1-15(17-8-9-19-13-20(29-2)11-10-18(19)12-17)23(28)30-14-21(26)24-25-22(27)16-6-4-3-5-7-16/h3-13,15H,14H2,1-2H3,(H,24,26)(H,25,27)/t15-/m0/s1. The third-order valence-electron chi connectivity index (χ3n) is 4.62. The summed E-state index contributed by atoms with van der Waals surface area (Å²) in [6, 6.07) is 19.8. The molecule has 3 aromatic rings. The lowest BCUT2D eigenvalue weighted by atomic mass is 9.98. The molecule has 2 N–H and O–H groups in total. The van der Waals surface area contributed by atoms with Crippen molar-refractivity contribution in [2.75, 3.05) is 13.7 Å². The van der Waals surface area contributed by atoms with Crippen molar-refractivity contribution in [3.05, 3.63) is 77.9 Å². The molecule has 0 unspecified atom stereocenters. The Balaban J connectivity index is 1.52. The Morgan fingerprint density at radius 2 is 1.60 bits per heavy atom. The predicted molar refractivity (Wildman–Crippen MR) is 112 cm³/mol. The Kier molecular flexibility index (Phi) is 6.64. The first kappa shape index (κ1) is 20.9. The number of methoxy groups -OCH3 is 1. The van der Waals surface area contributed by atoms with Crippen LogP contribution in [-0.4, -0.2) is 31.5 Å². The minimum atomic E-state index is -0.634. The molecule has 0 saturated heterocycles. The highest BCUT2D eigenvalue weighted by molar-refractivity contribution is 5.95. The number of amides is 2. The topological polar surface area (TPSA) is 93.7 Å². The number of carbonyl (C=O) groups is 3. The molecule has 7 nitrogen and oxygen atoms in total. The first-order valence-electron chi connectivity index (χ1n) is 9.36. The van der Waals surface area contributed by atoms with E-state index in [2.05, 4.69) is 10.9 Å². The van der Waals surface area contributed by atoms with E-state index in [0.717, 1.165) is 22.1 Å². The molecule has 0 aliphatic carbocycles.